The van der Waals surface area contributed by atoms with Gasteiger partial charge in [0, 0.05) is 16.9 Å². The Morgan fingerprint density at radius 3 is 2.60 bits per heavy atom. The third-order valence-corrected chi connectivity index (χ3v) is 3.60. The number of nitrogens with zero attached hydrogens (tertiary/aromatic N) is 2. The second-order valence-electron chi connectivity index (χ2n) is 5.05. The van der Waals surface area contributed by atoms with Gasteiger partial charge in [0.15, 0.2) is 0 Å². The lowest BCUT2D eigenvalue weighted by molar-refractivity contribution is 0.102. The molecule has 3 aromatic rings. The minimum Gasteiger partial charge on any atom is -0.495 e. The maximum Gasteiger partial charge on any atom is 0.274 e. The normalized spacial score (nSPS) is 10.2. The van der Waals surface area contributed by atoms with E-state index in [2.05, 4.69) is 20.6 Å². The zero-order chi connectivity index (χ0) is 17.6. The SMILES string of the molecule is COc1ccccc1Nc1nccc(C(=O)Nc2ccc(Cl)cc2)n1. The van der Waals surface area contributed by atoms with E-state index in [-0.39, 0.29) is 11.6 Å². The number of carbonyl (C=O) groups excluding carboxylic acids is 1. The van der Waals surface area contributed by atoms with Gasteiger partial charge >= 0.3 is 0 Å². The third-order valence-electron chi connectivity index (χ3n) is 3.34. The van der Waals surface area contributed by atoms with Crippen molar-refractivity contribution in [3.63, 3.8) is 0 Å². The maximum absolute atomic E-state index is 12.3. The summed E-state index contributed by atoms with van der Waals surface area (Å²) in [4.78, 5) is 20.7. The first-order valence-corrected chi connectivity index (χ1v) is 7.83. The number of para-hydroxylation sites is 2. The lowest BCUT2D eigenvalue weighted by Crippen LogP contribution is -2.14. The van der Waals surface area contributed by atoms with Crippen LogP contribution in [0.15, 0.2) is 60.8 Å². The molecule has 1 aromatic heterocycles. The summed E-state index contributed by atoms with van der Waals surface area (Å²) < 4.78 is 5.28. The van der Waals surface area contributed by atoms with Crippen molar-refractivity contribution in [2.45, 2.75) is 0 Å². The van der Waals surface area contributed by atoms with Gasteiger partial charge < -0.3 is 15.4 Å². The third kappa shape index (κ3) is 4.24. The number of hydrogen-bond donors (Lipinski definition) is 2. The van der Waals surface area contributed by atoms with E-state index in [1.807, 2.05) is 24.3 Å². The van der Waals surface area contributed by atoms with Crippen LogP contribution in [0.4, 0.5) is 17.3 Å². The summed E-state index contributed by atoms with van der Waals surface area (Å²) in [5, 5.41) is 6.40. The van der Waals surface area contributed by atoms with Crippen molar-refractivity contribution < 1.29 is 9.53 Å². The lowest BCUT2D eigenvalue weighted by atomic mass is 10.3. The highest BCUT2D eigenvalue weighted by Gasteiger charge is 2.10. The maximum atomic E-state index is 12.3. The summed E-state index contributed by atoms with van der Waals surface area (Å²) in [5.74, 6) is 0.614. The van der Waals surface area contributed by atoms with Gasteiger partial charge in [-0.3, -0.25) is 4.79 Å². The molecule has 1 heterocycles. The number of hydrogen-bond acceptors (Lipinski definition) is 5. The van der Waals surface area contributed by atoms with Crippen molar-refractivity contribution in [3.8, 4) is 5.75 Å². The Labute approximate surface area is 149 Å². The van der Waals surface area contributed by atoms with E-state index in [1.54, 1.807) is 37.4 Å². The van der Waals surface area contributed by atoms with Gasteiger partial charge in [-0.1, -0.05) is 23.7 Å². The van der Waals surface area contributed by atoms with Gasteiger partial charge in [0.25, 0.3) is 5.91 Å². The van der Waals surface area contributed by atoms with Crippen molar-refractivity contribution in [1.82, 2.24) is 9.97 Å². The van der Waals surface area contributed by atoms with Gasteiger partial charge in [0.1, 0.15) is 11.4 Å². The van der Waals surface area contributed by atoms with Crippen molar-refractivity contribution in [1.29, 1.82) is 0 Å². The van der Waals surface area contributed by atoms with E-state index in [0.29, 0.717) is 28.1 Å². The highest BCUT2D eigenvalue weighted by molar-refractivity contribution is 6.30. The molecule has 2 aromatic carbocycles. The second kappa shape index (κ2) is 7.63. The van der Waals surface area contributed by atoms with Crippen LogP contribution in [0.5, 0.6) is 5.75 Å². The van der Waals surface area contributed by atoms with Crippen LogP contribution >= 0.6 is 11.6 Å². The molecule has 0 aliphatic heterocycles. The molecular weight excluding hydrogens is 340 g/mol. The molecule has 0 atom stereocenters. The average Bonchev–Trinajstić information content (AvgIpc) is 2.64. The smallest absolute Gasteiger partial charge is 0.274 e. The van der Waals surface area contributed by atoms with E-state index in [1.165, 1.54) is 6.20 Å². The van der Waals surface area contributed by atoms with Crippen LogP contribution in [0, 0.1) is 0 Å². The monoisotopic (exact) mass is 354 g/mol. The van der Waals surface area contributed by atoms with Crippen molar-refractivity contribution >= 4 is 34.8 Å². The number of nitrogens with one attached hydrogen (secondary N) is 2. The minimum atomic E-state index is -0.340. The number of benzene rings is 2. The molecule has 0 saturated heterocycles. The van der Waals surface area contributed by atoms with E-state index in [0.717, 1.165) is 0 Å². The Morgan fingerprint density at radius 1 is 1.08 bits per heavy atom. The fraction of sp³-hybridized carbons (Fsp3) is 0.0556. The molecule has 0 aliphatic rings. The van der Waals surface area contributed by atoms with E-state index >= 15 is 0 Å². The quantitative estimate of drug-likeness (QED) is 0.720. The number of aromatic nitrogens is 2. The molecule has 0 aliphatic carbocycles. The van der Waals surface area contributed by atoms with Gasteiger partial charge in [-0.25, -0.2) is 9.97 Å². The van der Waals surface area contributed by atoms with Crippen LogP contribution in [0.1, 0.15) is 10.5 Å². The summed E-state index contributed by atoms with van der Waals surface area (Å²) in [7, 11) is 1.58. The van der Waals surface area contributed by atoms with Gasteiger partial charge in [-0.15, -0.1) is 0 Å². The molecule has 7 heteroatoms. The molecule has 126 valence electrons. The number of amides is 1. The Bertz CT molecular complexity index is 884. The predicted molar refractivity (Wildman–Crippen MR) is 97.7 cm³/mol. The first-order chi connectivity index (χ1) is 12.2. The molecule has 6 nitrogen and oxygen atoms in total. The summed E-state index contributed by atoms with van der Waals surface area (Å²) in [6, 6.07) is 15.8. The van der Waals surface area contributed by atoms with E-state index in [4.69, 9.17) is 16.3 Å². The van der Waals surface area contributed by atoms with Crippen LogP contribution in [-0.2, 0) is 0 Å². The first kappa shape index (κ1) is 16.7. The summed E-state index contributed by atoms with van der Waals surface area (Å²) in [6.07, 6.45) is 1.52. The highest BCUT2D eigenvalue weighted by atomic mass is 35.5. The lowest BCUT2D eigenvalue weighted by Gasteiger charge is -2.10. The van der Waals surface area contributed by atoms with Crippen LogP contribution in [0.25, 0.3) is 0 Å². The zero-order valence-electron chi connectivity index (χ0n) is 13.4. The fourth-order valence-electron chi connectivity index (χ4n) is 2.14. The Hall–Kier alpha value is -3.12. The highest BCUT2D eigenvalue weighted by Crippen LogP contribution is 2.25. The molecule has 2 N–H and O–H groups in total. The van der Waals surface area contributed by atoms with Gasteiger partial charge in [0.05, 0.1) is 12.8 Å². The number of halogens is 1. The molecule has 0 fully saturated rings. The number of methoxy groups -OCH3 is 1. The molecule has 0 bridgehead atoms. The standard InChI is InChI=1S/C18H15ClN4O2/c1-25-16-5-3-2-4-14(16)22-18-20-11-10-15(23-18)17(24)21-13-8-6-12(19)7-9-13/h2-11H,1H3,(H,21,24)(H,20,22,23). The number of rotatable bonds is 5. The Balaban J connectivity index is 1.76. The minimum absolute atomic E-state index is 0.238. The summed E-state index contributed by atoms with van der Waals surface area (Å²) in [5.41, 5.74) is 1.58. The van der Waals surface area contributed by atoms with Gasteiger partial charge in [-0.2, -0.15) is 0 Å². The van der Waals surface area contributed by atoms with Crippen LogP contribution < -0.4 is 15.4 Å². The molecule has 0 spiro atoms. The van der Waals surface area contributed by atoms with E-state index in [9.17, 15) is 4.79 Å². The molecule has 1 amide bonds. The van der Waals surface area contributed by atoms with Crippen molar-refractivity contribution in [2.75, 3.05) is 17.7 Å². The molecule has 0 unspecified atom stereocenters. The number of carbonyl (C=O) groups is 1. The Morgan fingerprint density at radius 2 is 1.84 bits per heavy atom. The number of ether oxygens (including phenoxy) is 1. The van der Waals surface area contributed by atoms with Crippen LogP contribution in [0.3, 0.4) is 0 Å². The molecule has 0 saturated carbocycles. The van der Waals surface area contributed by atoms with Gasteiger partial charge in [-0.05, 0) is 42.5 Å². The second-order valence-corrected chi connectivity index (χ2v) is 5.49. The van der Waals surface area contributed by atoms with Crippen LogP contribution in [-0.4, -0.2) is 23.0 Å². The fourth-order valence-corrected chi connectivity index (χ4v) is 2.27. The van der Waals surface area contributed by atoms with Crippen molar-refractivity contribution in [2.24, 2.45) is 0 Å². The molecule has 25 heavy (non-hydrogen) atoms. The predicted octanol–water partition coefficient (Wildman–Crippen LogP) is 4.13. The summed E-state index contributed by atoms with van der Waals surface area (Å²) >= 11 is 5.84. The number of anilines is 3. The average molecular weight is 355 g/mol. The Kier molecular flexibility index (Phi) is 5.11. The first-order valence-electron chi connectivity index (χ1n) is 7.46. The molecule has 3 rings (SSSR count). The van der Waals surface area contributed by atoms with Crippen LogP contribution in [0.2, 0.25) is 5.02 Å². The van der Waals surface area contributed by atoms with Crippen molar-refractivity contribution in [3.05, 3.63) is 71.5 Å². The zero-order valence-corrected chi connectivity index (χ0v) is 14.1. The molecule has 0 radical (unpaired) electrons. The largest absolute Gasteiger partial charge is 0.495 e. The topological polar surface area (TPSA) is 76.1 Å². The van der Waals surface area contributed by atoms with Gasteiger partial charge in [0.2, 0.25) is 5.95 Å². The summed E-state index contributed by atoms with van der Waals surface area (Å²) in [6.45, 7) is 0. The molecular formula is C18H15ClN4O2. The van der Waals surface area contributed by atoms with E-state index < -0.39 is 0 Å².